The first-order chi connectivity index (χ1) is 54.7. The third-order valence-electron chi connectivity index (χ3n) is 17.3. The molecule has 0 aliphatic heterocycles. The maximum absolute atomic E-state index is 13.2. The Morgan fingerprint density at radius 2 is 0.482 bits per heavy atom. The maximum Gasteiger partial charge on any atom is 0.472 e. The minimum Gasteiger partial charge on any atom is -0.462 e. The van der Waals surface area contributed by atoms with E-state index in [1.54, 1.807) is 0 Å². The van der Waals surface area contributed by atoms with Crippen LogP contribution in [0.1, 0.15) is 323 Å². The van der Waals surface area contributed by atoms with E-state index >= 15 is 0 Å². The van der Waals surface area contributed by atoms with Crippen molar-refractivity contribution in [2.75, 3.05) is 39.6 Å². The molecule has 112 heavy (non-hydrogen) atoms. The lowest BCUT2D eigenvalue weighted by molar-refractivity contribution is -0.161. The number of unbranched alkanes of at least 4 members (excludes halogenated alkanes) is 23. The summed E-state index contributed by atoms with van der Waals surface area (Å²) in [5, 5.41) is 10.7. The highest BCUT2D eigenvalue weighted by Crippen LogP contribution is 2.45. The molecule has 0 saturated heterocycles. The molecular weight excluding hydrogens is 1450 g/mol. The zero-order valence-electron chi connectivity index (χ0n) is 69.8. The van der Waals surface area contributed by atoms with E-state index in [0.29, 0.717) is 32.1 Å². The van der Waals surface area contributed by atoms with Crippen LogP contribution in [0.4, 0.5) is 0 Å². The average molecular weight is 1600 g/mol. The van der Waals surface area contributed by atoms with Gasteiger partial charge >= 0.3 is 39.5 Å². The highest BCUT2D eigenvalue weighted by molar-refractivity contribution is 7.47. The molecule has 17 nitrogen and oxygen atoms in total. The van der Waals surface area contributed by atoms with E-state index in [2.05, 4.69) is 192 Å². The summed E-state index contributed by atoms with van der Waals surface area (Å²) in [4.78, 5) is 73.3. The fourth-order valence-electron chi connectivity index (χ4n) is 10.9. The van der Waals surface area contributed by atoms with Gasteiger partial charge in [-0.3, -0.25) is 37.3 Å². The lowest BCUT2D eigenvalue weighted by atomic mass is 10.1. The molecule has 0 saturated carbocycles. The van der Waals surface area contributed by atoms with Gasteiger partial charge in [-0.15, -0.1) is 0 Å². The molecule has 0 rings (SSSR count). The van der Waals surface area contributed by atoms with Crippen LogP contribution < -0.4 is 0 Å². The summed E-state index contributed by atoms with van der Waals surface area (Å²) in [6, 6.07) is 0. The molecule has 0 heterocycles. The maximum atomic E-state index is 13.2. The van der Waals surface area contributed by atoms with Gasteiger partial charge in [-0.05, 0) is 173 Å². The van der Waals surface area contributed by atoms with E-state index in [4.69, 9.17) is 37.0 Å². The molecule has 0 radical (unpaired) electrons. The molecule has 0 aromatic rings. The van der Waals surface area contributed by atoms with Crippen LogP contribution in [0.3, 0.4) is 0 Å². The van der Waals surface area contributed by atoms with Crippen molar-refractivity contribution in [2.45, 2.75) is 341 Å². The van der Waals surface area contributed by atoms with Gasteiger partial charge in [0.1, 0.15) is 19.3 Å². The van der Waals surface area contributed by atoms with Crippen molar-refractivity contribution < 1.29 is 80.2 Å². The number of phosphoric ester groups is 2. The fraction of sp³-hybridized carbons (Fsp3) is 0.634. The van der Waals surface area contributed by atoms with Gasteiger partial charge in [0.25, 0.3) is 0 Å². The molecule has 0 aromatic carbocycles. The van der Waals surface area contributed by atoms with E-state index in [0.717, 1.165) is 180 Å². The highest BCUT2D eigenvalue weighted by atomic mass is 31.2. The van der Waals surface area contributed by atoms with E-state index in [9.17, 15) is 43.2 Å². The van der Waals surface area contributed by atoms with Crippen molar-refractivity contribution >= 4 is 39.5 Å². The third kappa shape index (κ3) is 82.2. The van der Waals surface area contributed by atoms with Gasteiger partial charge < -0.3 is 33.8 Å². The standard InChI is InChI=1S/C93H152O17P2/c1-5-9-13-17-21-25-29-33-37-40-43-46-50-53-57-61-65-69-73-77-90(95)103-83-88(109-92(97)79-75-71-67-63-59-55-49-36-32-28-24-20-16-12-8-4)85-107-111(99,100)105-81-87(94)82-106-112(101,102)108-86-89(110-93(98)80-76-72-68-64-60-56-52-48-45-42-39-35-31-27-23-19-15-11-7-3)84-104-91(96)78-74-70-66-62-58-54-51-47-44-41-38-34-30-26-22-18-14-10-6-2/h9-10,13-14,21-23,25-27,33-39,43-49,53-54,57-58,65,69,87-89,94H,5-8,11-12,15-20,24,28-32,40-42,50-52,55-56,59-64,66-68,70-86H2,1-4H3,(H,99,100)(H,101,102)/b13-9-,14-10-,25-21-,26-22-,27-23-,37-33-,38-34-,39-35-,46-43-,47-44-,48-45-,49-36-,57-53-,58-54-,69-65-. The van der Waals surface area contributed by atoms with Gasteiger partial charge in [0.2, 0.25) is 0 Å². The average Bonchev–Trinajstić information content (AvgIpc) is 0.898. The van der Waals surface area contributed by atoms with E-state index in [1.807, 2.05) is 18.2 Å². The molecule has 0 bridgehead atoms. The molecule has 19 heteroatoms. The summed E-state index contributed by atoms with van der Waals surface area (Å²) < 4.78 is 68.7. The van der Waals surface area contributed by atoms with E-state index in [1.165, 1.54) is 57.8 Å². The molecule has 5 unspecified atom stereocenters. The summed E-state index contributed by atoms with van der Waals surface area (Å²) in [7, 11) is -10.0. The number of rotatable bonds is 79. The summed E-state index contributed by atoms with van der Waals surface area (Å²) in [6.45, 7) is 4.48. The molecule has 0 aliphatic rings. The largest absolute Gasteiger partial charge is 0.472 e. The minimum absolute atomic E-state index is 0.0285. The van der Waals surface area contributed by atoms with Gasteiger partial charge in [0.05, 0.1) is 26.4 Å². The first kappa shape index (κ1) is 106. The monoisotopic (exact) mass is 1600 g/mol. The van der Waals surface area contributed by atoms with Gasteiger partial charge in [-0.25, -0.2) is 9.13 Å². The summed E-state index contributed by atoms with van der Waals surface area (Å²) in [6.07, 6.45) is 101. The third-order valence-corrected chi connectivity index (χ3v) is 19.2. The molecule has 0 amide bonds. The van der Waals surface area contributed by atoms with Crippen molar-refractivity contribution in [1.29, 1.82) is 0 Å². The Hall–Kier alpha value is -5.84. The number of ether oxygens (including phenoxy) is 4. The van der Waals surface area contributed by atoms with Gasteiger partial charge in [0, 0.05) is 25.7 Å². The predicted octanol–water partition coefficient (Wildman–Crippen LogP) is 25.9. The normalized spacial score (nSPS) is 14.7. The Bertz CT molecular complexity index is 2840. The van der Waals surface area contributed by atoms with Crippen LogP contribution in [-0.4, -0.2) is 96.7 Å². The van der Waals surface area contributed by atoms with Crippen LogP contribution in [0.5, 0.6) is 0 Å². The zero-order chi connectivity index (χ0) is 81.7. The molecule has 0 aromatic heterocycles. The van der Waals surface area contributed by atoms with Crippen molar-refractivity contribution in [3.05, 3.63) is 182 Å². The van der Waals surface area contributed by atoms with E-state index < -0.39 is 97.5 Å². The molecule has 5 atom stereocenters. The van der Waals surface area contributed by atoms with Crippen molar-refractivity contribution in [3.63, 3.8) is 0 Å². The lowest BCUT2D eigenvalue weighted by Crippen LogP contribution is -2.30. The second-order valence-electron chi connectivity index (χ2n) is 28.0. The van der Waals surface area contributed by atoms with Crippen LogP contribution in [0.15, 0.2) is 182 Å². The van der Waals surface area contributed by atoms with Gasteiger partial charge in [-0.1, -0.05) is 306 Å². The number of aliphatic hydroxyl groups excluding tert-OH is 1. The first-order valence-corrected chi connectivity index (χ1v) is 46.0. The molecule has 0 spiro atoms. The van der Waals surface area contributed by atoms with E-state index in [-0.39, 0.29) is 25.7 Å². The minimum atomic E-state index is -5.01. The quantitative estimate of drug-likeness (QED) is 0.0169. The molecule has 0 fully saturated rings. The van der Waals surface area contributed by atoms with Crippen LogP contribution in [-0.2, 0) is 65.4 Å². The number of aliphatic hydroxyl groups is 1. The fourth-order valence-corrected chi connectivity index (χ4v) is 12.4. The molecular formula is C93H152O17P2. The Labute approximate surface area is 679 Å². The second kappa shape index (κ2) is 83.1. The number of carbonyl (C=O) groups excluding carboxylic acids is 4. The molecule has 636 valence electrons. The van der Waals surface area contributed by atoms with Crippen LogP contribution >= 0.6 is 15.6 Å². The van der Waals surface area contributed by atoms with Gasteiger partial charge in [0.15, 0.2) is 12.2 Å². The zero-order valence-corrected chi connectivity index (χ0v) is 71.6. The van der Waals surface area contributed by atoms with Gasteiger partial charge in [-0.2, -0.15) is 0 Å². The van der Waals surface area contributed by atoms with Crippen molar-refractivity contribution in [2.24, 2.45) is 0 Å². The number of hydrogen-bond acceptors (Lipinski definition) is 15. The second-order valence-corrected chi connectivity index (χ2v) is 30.9. The Kier molecular flexibility index (Phi) is 78.8. The topological polar surface area (TPSA) is 237 Å². The Balaban J connectivity index is 5.51. The van der Waals surface area contributed by atoms with Crippen LogP contribution in [0.2, 0.25) is 0 Å². The number of allylic oxidation sites excluding steroid dienone is 30. The molecule has 3 N–H and O–H groups in total. The van der Waals surface area contributed by atoms with Crippen LogP contribution in [0, 0.1) is 0 Å². The van der Waals surface area contributed by atoms with Crippen LogP contribution in [0.25, 0.3) is 0 Å². The predicted molar refractivity (Wildman–Crippen MR) is 463 cm³/mol. The van der Waals surface area contributed by atoms with Crippen molar-refractivity contribution in [3.8, 4) is 0 Å². The first-order valence-electron chi connectivity index (χ1n) is 43.0. The smallest absolute Gasteiger partial charge is 0.462 e. The Morgan fingerprint density at radius 1 is 0.259 bits per heavy atom. The van der Waals surface area contributed by atoms with Crippen molar-refractivity contribution in [1.82, 2.24) is 0 Å². The summed E-state index contributed by atoms with van der Waals surface area (Å²) >= 11 is 0. The lowest BCUT2D eigenvalue weighted by Gasteiger charge is -2.21. The number of carbonyl (C=O) groups is 4. The summed E-state index contributed by atoms with van der Waals surface area (Å²) in [5.41, 5.74) is 0. The summed E-state index contributed by atoms with van der Waals surface area (Å²) in [5.74, 6) is -2.34. The molecule has 0 aliphatic carbocycles. The SMILES string of the molecule is CC/C=C\C/C=C\C/C=C\C/C=C\C/C=C\C/C=C\CCC(=O)OCC(COP(=O)(O)OCC(O)COP(=O)(O)OCC(COC(=O)CCCCC/C=C\C/C=C\C/C=C\C/C=C\C/C=C\CC)OC(=O)CCCCCCCC/C=C\C/C=C\C/C=C\CCCCC)OC(=O)CCCCCCC/C=C\CCCCCCCC. The number of esters is 4. The number of hydrogen-bond donors (Lipinski definition) is 3. The highest BCUT2D eigenvalue weighted by Gasteiger charge is 2.30. The Morgan fingerprint density at radius 3 is 0.804 bits per heavy atom. The number of phosphoric acid groups is 2.